The standard InChI is InChI=1S/C23H20O4/c1-16-7-6-10-20(13-16)26-15-22(24)27-21-12-11-19(14-17(21)2)23(25)18-8-4-3-5-9-18/h3-14H,15H2,1-2H3. The Hall–Kier alpha value is -3.40. The molecular formula is C23H20O4. The first kappa shape index (κ1) is 18.4. The van der Waals surface area contributed by atoms with E-state index in [1.54, 1.807) is 43.3 Å². The van der Waals surface area contributed by atoms with Crippen molar-refractivity contribution < 1.29 is 19.1 Å². The molecule has 0 saturated carbocycles. The fourth-order valence-electron chi connectivity index (χ4n) is 2.66. The Morgan fingerprint density at radius 1 is 0.815 bits per heavy atom. The molecule has 3 aromatic carbocycles. The fourth-order valence-corrected chi connectivity index (χ4v) is 2.66. The van der Waals surface area contributed by atoms with Gasteiger partial charge in [-0.1, -0.05) is 42.5 Å². The van der Waals surface area contributed by atoms with Crippen LogP contribution in [-0.4, -0.2) is 18.4 Å². The highest BCUT2D eigenvalue weighted by Gasteiger charge is 2.13. The van der Waals surface area contributed by atoms with Crippen molar-refractivity contribution in [3.8, 4) is 11.5 Å². The Morgan fingerprint density at radius 2 is 1.59 bits per heavy atom. The summed E-state index contributed by atoms with van der Waals surface area (Å²) in [5.41, 5.74) is 2.93. The lowest BCUT2D eigenvalue weighted by atomic mass is 10.0. The van der Waals surface area contributed by atoms with Gasteiger partial charge in [0.1, 0.15) is 11.5 Å². The number of esters is 1. The van der Waals surface area contributed by atoms with Crippen LogP contribution < -0.4 is 9.47 Å². The number of carbonyl (C=O) groups excluding carboxylic acids is 2. The predicted molar refractivity (Wildman–Crippen MR) is 103 cm³/mol. The quantitative estimate of drug-likeness (QED) is 0.368. The van der Waals surface area contributed by atoms with Crippen LogP contribution in [0.1, 0.15) is 27.0 Å². The summed E-state index contributed by atoms with van der Waals surface area (Å²) in [6.45, 7) is 3.56. The largest absolute Gasteiger partial charge is 0.482 e. The number of hydrogen-bond donors (Lipinski definition) is 0. The van der Waals surface area contributed by atoms with Gasteiger partial charge in [0.05, 0.1) is 0 Å². The van der Waals surface area contributed by atoms with E-state index in [0.29, 0.717) is 28.2 Å². The van der Waals surface area contributed by atoms with Gasteiger partial charge < -0.3 is 9.47 Å². The highest BCUT2D eigenvalue weighted by atomic mass is 16.6. The number of ether oxygens (including phenoxy) is 2. The zero-order valence-electron chi connectivity index (χ0n) is 15.3. The van der Waals surface area contributed by atoms with Gasteiger partial charge in [-0.15, -0.1) is 0 Å². The molecule has 0 bridgehead atoms. The molecule has 0 aromatic heterocycles. The lowest BCUT2D eigenvalue weighted by Gasteiger charge is -2.10. The molecule has 4 heteroatoms. The van der Waals surface area contributed by atoms with Crippen molar-refractivity contribution in [2.24, 2.45) is 0 Å². The van der Waals surface area contributed by atoms with E-state index in [4.69, 9.17) is 9.47 Å². The summed E-state index contributed by atoms with van der Waals surface area (Å²) in [7, 11) is 0. The van der Waals surface area contributed by atoms with Gasteiger partial charge in [0.25, 0.3) is 0 Å². The second kappa shape index (κ2) is 8.32. The summed E-state index contributed by atoms with van der Waals surface area (Å²) in [6.07, 6.45) is 0. The maximum atomic E-state index is 12.5. The number of rotatable bonds is 6. The maximum absolute atomic E-state index is 12.5. The summed E-state index contributed by atoms with van der Waals surface area (Å²) < 4.78 is 10.8. The SMILES string of the molecule is Cc1cccc(OCC(=O)Oc2ccc(C(=O)c3ccccc3)cc2C)c1. The van der Waals surface area contributed by atoms with Crippen LogP contribution in [0, 0.1) is 13.8 Å². The van der Waals surface area contributed by atoms with Crippen molar-refractivity contribution in [3.63, 3.8) is 0 Å². The Bertz CT molecular complexity index is 961. The van der Waals surface area contributed by atoms with E-state index in [1.807, 2.05) is 43.3 Å². The second-order valence-corrected chi connectivity index (χ2v) is 6.25. The number of ketones is 1. The lowest BCUT2D eigenvalue weighted by Crippen LogP contribution is -2.18. The Balaban J connectivity index is 1.63. The number of carbonyl (C=O) groups is 2. The topological polar surface area (TPSA) is 52.6 Å². The molecule has 0 unspecified atom stereocenters. The molecule has 136 valence electrons. The third-order valence-corrected chi connectivity index (χ3v) is 4.04. The van der Waals surface area contributed by atoms with Crippen molar-refractivity contribution >= 4 is 11.8 Å². The summed E-state index contributed by atoms with van der Waals surface area (Å²) >= 11 is 0. The Kier molecular flexibility index (Phi) is 5.67. The molecule has 0 radical (unpaired) electrons. The molecule has 3 rings (SSSR count). The van der Waals surface area contributed by atoms with Gasteiger partial charge in [-0.05, 0) is 55.3 Å². The van der Waals surface area contributed by atoms with E-state index in [2.05, 4.69) is 0 Å². The molecule has 0 N–H and O–H groups in total. The van der Waals surface area contributed by atoms with Crippen LogP contribution in [-0.2, 0) is 4.79 Å². The Labute approximate surface area is 158 Å². The van der Waals surface area contributed by atoms with Crippen LogP contribution >= 0.6 is 0 Å². The van der Waals surface area contributed by atoms with Gasteiger partial charge in [-0.25, -0.2) is 4.79 Å². The van der Waals surface area contributed by atoms with E-state index in [1.165, 1.54) is 0 Å². The van der Waals surface area contributed by atoms with E-state index in [0.717, 1.165) is 5.56 Å². The van der Waals surface area contributed by atoms with Crippen LogP contribution in [0.3, 0.4) is 0 Å². The molecule has 0 aliphatic carbocycles. The van der Waals surface area contributed by atoms with Gasteiger partial charge in [0.2, 0.25) is 0 Å². The number of aryl methyl sites for hydroxylation is 2. The molecule has 0 saturated heterocycles. The summed E-state index contributed by atoms with van der Waals surface area (Å²) in [5.74, 6) is 0.464. The minimum absolute atomic E-state index is 0.0700. The average Bonchev–Trinajstić information content (AvgIpc) is 2.68. The van der Waals surface area contributed by atoms with Crippen molar-refractivity contribution in [1.29, 1.82) is 0 Å². The molecule has 0 spiro atoms. The van der Waals surface area contributed by atoms with Crippen LogP contribution in [0.2, 0.25) is 0 Å². The average molecular weight is 360 g/mol. The third-order valence-electron chi connectivity index (χ3n) is 4.04. The zero-order valence-corrected chi connectivity index (χ0v) is 15.3. The fraction of sp³-hybridized carbons (Fsp3) is 0.130. The van der Waals surface area contributed by atoms with E-state index < -0.39 is 5.97 Å². The van der Waals surface area contributed by atoms with Crippen LogP contribution in [0.15, 0.2) is 72.8 Å². The van der Waals surface area contributed by atoms with Gasteiger partial charge in [0.15, 0.2) is 12.4 Å². The van der Waals surface area contributed by atoms with Crippen molar-refractivity contribution in [1.82, 2.24) is 0 Å². The molecular weight excluding hydrogens is 340 g/mol. The first-order valence-corrected chi connectivity index (χ1v) is 8.63. The highest BCUT2D eigenvalue weighted by molar-refractivity contribution is 6.09. The number of hydrogen-bond acceptors (Lipinski definition) is 4. The minimum atomic E-state index is -0.498. The first-order valence-electron chi connectivity index (χ1n) is 8.63. The second-order valence-electron chi connectivity index (χ2n) is 6.25. The summed E-state index contributed by atoms with van der Waals surface area (Å²) in [6, 6.07) is 21.5. The predicted octanol–water partition coefficient (Wildman–Crippen LogP) is 4.52. The Morgan fingerprint density at radius 3 is 2.30 bits per heavy atom. The molecule has 4 nitrogen and oxygen atoms in total. The van der Waals surface area contributed by atoms with E-state index in [9.17, 15) is 9.59 Å². The van der Waals surface area contributed by atoms with E-state index >= 15 is 0 Å². The molecule has 0 fully saturated rings. The molecule has 3 aromatic rings. The maximum Gasteiger partial charge on any atom is 0.349 e. The monoisotopic (exact) mass is 360 g/mol. The van der Waals surface area contributed by atoms with Gasteiger partial charge in [0, 0.05) is 11.1 Å². The molecule has 0 atom stereocenters. The van der Waals surface area contributed by atoms with Crippen molar-refractivity contribution in [2.45, 2.75) is 13.8 Å². The van der Waals surface area contributed by atoms with Crippen LogP contribution in [0.25, 0.3) is 0 Å². The van der Waals surface area contributed by atoms with E-state index in [-0.39, 0.29) is 12.4 Å². The van der Waals surface area contributed by atoms with Crippen LogP contribution in [0.5, 0.6) is 11.5 Å². The summed E-state index contributed by atoms with van der Waals surface area (Å²) in [5, 5.41) is 0. The lowest BCUT2D eigenvalue weighted by molar-refractivity contribution is -0.136. The molecule has 0 aliphatic rings. The van der Waals surface area contributed by atoms with Crippen molar-refractivity contribution in [2.75, 3.05) is 6.61 Å². The van der Waals surface area contributed by atoms with Gasteiger partial charge in [-0.3, -0.25) is 4.79 Å². The molecule has 0 heterocycles. The summed E-state index contributed by atoms with van der Waals surface area (Å²) in [4.78, 5) is 24.5. The molecule has 27 heavy (non-hydrogen) atoms. The zero-order chi connectivity index (χ0) is 19.2. The van der Waals surface area contributed by atoms with Gasteiger partial charge >= 0.3 is 5.97 Å². The normalized spacial score (nSPS) is 10.3. The van der Waals surface area contributed by atoms with Crippen LogP contribution in [0.4, 0.5) is 0 Å². The molecule has 0 aliphatic heterocycles. The van der Waals surface area contributed by atoms with Crippen molar-refractivity contribution in [3.05, 3.63) is 95.1 Å². The minimum Gasteiger partial charge on any atom is -0.482 e. The number of benzene rings is 3. The first-order chi connectivity index (χ1) is 13.0. The smallest absolute Gasteiger partial charge is 0.349 e. The van der Waals surface area contributed by atoms with Gasteiger partial charge in [-0.2, -0.15) is 0 Å². The highest BCUT2D eigenvalue weighted by Crippen LogP contribution is 2.21. The third kappa shape index (κ3) is 4.82. The molecule has 0 amide bonds.